The number of aliphatic hydroxyl groups excluding tert-OH is 1. The number of anilines is 1. The maximum absolute atomic E-state index is 10.4. The highest BCUT2D eigenvalue weighted by molar-refractivity contribution is 5.32. The van der Waals surface area contributed by atoms with E-state index in [0.717, 1.165) is 23.5 Å². The summed E-state index contributed by atoms with van der Waals surface area (Å²) in [5.74, 6) is 0.319. The van der Waals surface area contributed by atoms with E-state index in [1.54, 1.807) is 0 Å². The largest absolute Gasteiger partial charge is 0.392 e. The van der Waals surface area contributed by atoms with Gasteiger partial charge in [-0.3, -0.25) is 10.1 Å². The average Bonchev–Trinajstić information content (AvgIpc) is 2.46. The Kier molecular flexibility index (Phi) is 3.99. The minimum Gasteiger partial charge on any atom is -0.392 e. The van der Waals surface area contributed by atoms with Crippen molar-refractivity contribution in [3.8, 4) is 0 Å². The normalized spacial score (nSPS) is 10.2. The van der Waals surface area contributed by atoms with E-state index in [1.807, 2.05) is 24.3 Å². The summed E-state index contributed by atoms with van der Waals surface area (Å²) in [6, 6.07) is 7.43. The first-order valence-corrected chi connectivity index (χ1v) is 5.58. The molecule has 0 bridgehead atoms. The molecule has 0 radical (unpaired) electrons. The van der Waals surface area contributed by atoms with Crippen molar-refractivity contribution in [3.63, 3.8) is 0 Å². The molecule has 0 spiro atoms. The summed E-state index contributed by atoms with van der Waals surface area (Å²) in [6.45, 7) is 0.466. The lowest BCUT2D eigenvalue weighted by atomic mass is 10.1. The second-order valence-electron chi connectivity index (χ2n) is 3.85. The van der Waals surface area contributed by atoms with Crippen LogP contribution in [0.5, 0.6) is 0 Å². The van der Waals surface area contributed by atoms with Crippen molar-refractivity contribution in [1.82, 2.24) is 9.97 Å². The van der Waals surface area contributed by atoms with Crippen LogP contribution in [0.3, 0.4) is 0 Å². The van der Waals surface area contributed by atoms with E-state index in [9.17, 15) is 10.1 Å². The first-order valence-electron chi connectivity index (χ1n) is 5.58. The molecular weight excluding hydrogens is 248 g/mol. The zero-order valence-corrected chi connectivity index (χ0v) is 9.98. The van der Waals surface area contributed by atoms with Crippen molar-refractivity contribution in [1.29, 1.82) is 0 Å². The van der Waals surface area contributed by atoms with Crippen LogP contribution in [-0.2, 0) is 13.2 Å². The summed E-state index contributed by atoms with van der Waals surface area (Å²) in [7, 11) is 0. The summed E-state index contributed by atoms with van der Waals surface area (Å²) >= 11 is 0. The Balaban J connectivity index is 1.99. The molecule has 0 atom stereocenters. The van der Waals surface area contributed by atoms with E-state index < -0.39 is 4.92 Å². The number of aromatic nitrogens is 2. The highest BCUT2D eigenvalue weighted by atomic mass is 16.6. The van der Waals surface area contributed by atoms with E-state index in [-0.39, 0.29) is 12.3 Å². The van der Waals surface area contributed by atoms with Gasteiger partial charge in [0.15, 0.2) is 0 Å². The van der Waals surface area contributed by atoms with Crippen LogP contribution in [0, 0.1) is 10.1 Å². The predicted octanol–water partition coefficient (Wildman–Crippen LogP) is 1.49. The third-order valence-electron chi connectivity index (χ3n) is 2.47. The molecule has 0 saturated heterocycles. The van der Waals surface area contributed by atoms with Crippen LogP contribution in [0.25, 0.3) is 0 Å². The van der Waals surface area contributed by atoms with E-state index in [2.05, 4.69) is 15.3 Å². The van der Waals surface area contributed by atoms with Crippen molar-refractivity contribution in [3.05, 3.63) is 57.9 Å². The standard InChI is InChI=1S/C12H12N4O3/c17-8-10-3-1-2-9(4-10)5-13-12-14-6-11(7-15-12)16(18)19/h1-4,6-7,17H,5,8H2,(H,13,14,15). The third-order valence-corrected chi connectivity index (χ3v) is 2.47. The van der Waals surface area contributed by atoms with Crippen LogP contribution in [0.1, 0.15) is 11.1 Å². The zero-order valence-electron chi connectivity index (χ0n) is 9.98. The van der Waals surface area contributed by atoms with E-state index >= 15 is 0 Å². The van der Waals surface area contributed by atoms with E-state index in [4.69, 9.17) is 5.11 Å². The highest BCUT2D eigenvalue weighted by Crippen LogP contribution is 2.10. The minimum atomic E-state index is -0.547. The van der Waals surface area contributed by atoms with E-state index in [1.165, 1.54) is 0 Å². The van der Waals surface area contributed by atoms with Gasteiger partial charge in [0.25, 0.3) is 0 Å². The van der Waals surface area contributed by atoms with Gasteiger partial charge in [0.05, 0.1) is 11.5 Å². The van der Waals surface area contributed by atoms with Gasteiger partial charge in [0.2, 0.25) is 5.95 Å². The second-order valence-corrected chi connectivity index (χ2v) is 3.85. The molecule has 98 valence electrons. The molecule has 0 unspecified atom stereocenters. The predicted molar refractivity (Wildman–Crippen MR) is 68.4 cm³/mol. The minimum absolute atomic E-state index is 0.0120. The van der Waals surface area contributed by atoms with Gasteiger partial charge in [-0.1, -0.05) is 24.3 Å². The Labute approximate surface area is 109 Å². The fourth-order valence-corrected chi connectivity index (χ4v) is 1.53. The molecule has 0 amide bonds. The lowest BCUT2D eigenvalue weighted by Gasteiger charge is -2.05. The first kappa shape index (κ1) is 12.9. The molecule has 2 aromatic rings. The SMILES string of the molecule is O=[N+]([O-])c1cnc(NCc2cccc(CO)c2)nc1. The molecule has 0 fully saturated rings. The molecular formula is C12H12N4O3. The Bertz CT molecular complexity index is 571. The molecule has 7 nitrogen and oxygen atoms in total. The summed E-state index contributed by atoms with van der Waals surface area (Å²) in [5, 5.41) is 22.4. The molecule has 0 aliphatic rings. The van der Waals surface area contributed by atoms with Gasteiger partial charge in [-0.2, -0.15) is 0 Å². The molecule has 1 heterocycles. The van der Waals surface area contributed by atoms with Crippen molar-refractivity contribution in [2.45, 2.75) is 13.2 Å². The fourth-order valence-electron chi connectivity index (χ4n) is 1.53. The zero-order chi connectivity index (χ0) is 13.7. The summed E-state index contributed by atoms with van der Waals surface area (Å²) in [6.07, 6.45) is 2.30. The van der Waals surface area contributed by atoms with Gasteiger partial charge >= 0.3 is 5.69 Å². The van der Waals surface area contributed by atoms with Crippen LogP contribution in [0.4, 0.5) is 11.6 Å². The van der Waals surface area contributed by atoms with Crippen LogP contribution in [0.2, 0.25) is 0 Å². The lowest BCUT2D eigenvalue weighted by molar-refractivity contribution is -0.385. The maximum atomic E-state index is 10.4. The monoisotopic (exact) mass is 260 g/mol. The highest BCUT2D eigenvalue weighted by Gasteiger charge is 2.06. The smallest absolute Gasteiger partial charge is 0.305 e. The Morgan fingerprint density at radius 2 is 1.95 bits per heavy atom. The number of nitro groups is 1. The van der Waals surface area contributed by atoms with Crippen LogP contribution >= 0.6 is 0 Å². The van der Waals surface area contributed by atoms with Crippen molar-refractivity contribution in [2.24, 2.45) is 0 Å². The maximum Gasteiger partial charge on any atom is 0.305 e. The second kappa shape index (κ2) is 5.87. The quantitative estimate of drug-likeness (QED) is 0.623. The molecule has 2 rings (SSSR count). The third kappa shape index (κ3) is 3.46. The van der Waals surface area contributed by atoms with Gasteiger partial charge < -0.3 is 10.4 Å². The number of hydrogen-bond acceptors (Lipinski definition) is 6. The van der Waals surface area contributed by atoms with E-state index in [0.29, 0.717) is 12.5 Å². The number of nitrogens with one attached hydrogen (secondary N) is 1. The van der Waals surface area contributed by atoms with Crippen LogP contribution < -0.4 is 5.32 Å². The van der Waals surface area contributed by atoms with Gasteiger partial charge in [0.1, 0.15) is 12.4 Å². The summed E-state index contributed by atoms with van der Waals surface area (Å²) in [5.41, 5.74) is 1.64. The average molecular weight is 260 g/mol. The van der Waals surface area contributed by atoms with Crippen LogP contribution in [-0.4, -0.2) is 20.0 Å². The van der Waals surface area contributed by atoms with Crippen molar-refractivity contribution < 1.29 is 10.0 Å². The van der Waals surface area contributed by atoms with Crippen molar-refractivity contribution in [2.75, 3.05) is 5.32 Å². The van der Waals surface area contributed by atoms with Gasteiger partial charge in [0, 0.05) is 6.54 Å². The summed E-state index contributed by atoms with van der Waals surface area (Å²) < 4.78 is 0. The molecule has 19 heavy (non-hydrogen) atoms. The topological polar surface area (TPSA) is 101 Å². The number of aliphatic hydroxyl groups is 1. The number of rotatable bonds is 5. The number of hydrogen-bond donors (Lipinski definition) is 2. The Morgan fingerprint density at radius 1 is 1.26 bits per heavy atom. The van der Waals surface area contributed by atoms with Crippen molar-refractivity contribution >= 4 is 11.6 Å². The lowest BCUT2D eigenvalue weighted by Crippen LogP contribution is -2.04. The molecule has 7 heteroatoms. The molecule has 2 N–H and O–H groups in total. The van der Waals surface area contributed by atoms with Gasteiger partial charge in [-0.15, -0.1) is 0 Å². The van der Waals surface area contributed by atoms with Gasteiger partial charge in [-0.25, -0.2) is 9.97 Å². The molecule has 1 aromatic carbocycles. The fraction of sp³-hybridized carbons (Fsp3) is 0.167. The first-order chi connectivity index (χ1) is 9.19. The molecule has 1 aromatic heterocycles. The Morgan fingerprint density at radius 3 is 2.58 bits per heavy atom. The Hall–Kier alpha value is -2.54. The number of nitrogens with zero attached hydrogens (tertiary/aromatic N) is 3. The van der Waals surface area contributed by atoms with Crippen LogP contribution in [0.15, 0.2) is 36.7 Å². The summed E-state index contributed by atoms with van der Waals surface area (Å²) in [4.78, 5) is 17.6. The van der Waals surface area contributed by atoms with Gasteiger partial charge in [-0.05, 0) is 11.1 Å². The number of benzene rings is 1. The molecule has 0 aliphatic heterocycles. The molecule has 0 saturated carbocycles. The molecule has 0 aliphatic carbocycles.